The van der Waals surface area contributed by atoms with Gasteiger partial charge in [0, 0.05) is 5.92 Å². The Morgan fingerprint density at radius 1 is 1.29 bits per heavy atom. The van der Waals surface area contributed by atoms with E-state index in [0.29, 0.717) is 24.5 Å². The van der Waals surface area contributed by atoms with E-state index in [1.165, 1.54) is 6.42 Å². The van der Waals surface area contributed by atoms with Gasteiger partial charge in [-0.3, -0.25) is 0 Å². The monoisotopic (exact) mass is 236 g/mol. The van der Waals surface area contributed by atoms with Crippen LogP contribution in [-0.4, -0.2) is 25.7 Å². The molecule has 1 aliphatic heterocycles. The number of aliphatic hydroxyl groups is 1. The first-order valence-electron chi connectivity index (χ1n) is 6.21. The minimum atomic E-state index is -0.978. The molecule has 0 saturated heterocycles. The fourth-order valence-electron chi connectivity index (χ4n) is 2.76. The number of aliphatic hydroxyl groups excluding tert-OH is 1. The van der Waals surface area contributed by atoms with Crippen molar-refractivity contribution < 1.29 is 15.0 Å². The van der Waals surface area contributed by atoms with Crippen LogP contribution in [0.3, 0.4) is 0 Å². The molecule has 1 atom stereocenters. The molecular formula is C12H16N2O3. The Bertz CT molecular complexity index is 463. The topological polar surface area (TPSA) is 75.3 Å². The number of hydrogen-bond acceptors (Lipinski definition) is 3. The van der Waals surface area contributed by atoms with E-state index in [0.717, 1.165) is 25.1 Å². The highest BCUT2D eigenvalue weighted by molar-refractivity contribution is 5.87. The number of hydrogen-bond donors (Lipinski definition) is 2. The number of fused-ring (bicyclic) bond motifs is 1. The van der Waals surface area contributed by atoms with E-state index in [1.807, 2.05) is 0 Å². The molecule has 1 fully saturated rings. The molecule has 17 heavy (non-hydrogen) atoms. The molecule has 0 radical (unpaired) electrons. The first-order chi connectivity index (χ1) is 8.18. The van der Waals surface area contributed by atoms with Crippen molar-refractivity contribution in [2.75, 3.05) is 0 Å². The second kappa shape index (κ2) is 3.84. The van der Waals surface area contributed by atoms with E-state index in [9.17, 15) is 9.90 Å². The summed E-state index contributed by atoms with van der Waals surface area (Å²) in [7, 11) is 0. The molecule has 1 saturated carbocycles. The lowest BCUT2D eigenvalue weighted by atomic mass is 9.84. The Hall–Kier alpha value is -1.36. The number of aromatic carboxylic acids is 1. The zero-order valence-corrected chi connectivity index (χ0v) is 9.59. The molecule has 2 N–H and O–H groups in total. The van der Waals surface area contributed by atoms with Gasteiger partial charge in [-0.1, -0.05) is 6.42 Å². The Labute approximate surface area is 99.1 Å². The van der Waals surface area contributed by atoms with Gasteiger partial charge in [0.1, 0.15) is 12.1 Å². The Morgan fingerprint density at radius 3 is 2.65 bits per heavy atom. The van der Waals surface area contributed by atoms with Gasteiger partial charge in [0.05, 0.1) is 5.69 Å². The van der Waals surface area contributed by atoms with Gasteiger partial charge in [0.15, 0.2) is 5.69 Å². The lowest BCUT2D eigenvalue weighted by molar-refractivity contribution is 0.0671. The van der Waals surface area contributed by atoms with Gasteiger partial charge in [-0.25, -0.2) is 9.78 Å². The zero-order chi connectivity index (χ0) is 12.0. The summed E-state index contributed by atoms with van der Waals surface area (Å²) in [5.74, 6) is 0.152. The van der Waals surface area contributed by atoms with Crippen LogP contribution in [0, 0.1) is 0 Å². The average molecular weight is 236 g/mol. The van der Waals surface area contributed by atoms with Crippen molar-refractivity contribution >= 4 is 5.97 Å². The number of imidazole rings is 1. The van der Waals surface area contributed by atoms with E-state index in [1.54, 1.807) is 4.57 Å². The fourth-order valence-corrected chi connectivity index (χ4v) is 2.76. The number of aromatic nitrogens is 2. The second-order valence-electron chi connectivity index (χ2n) is 4.94. The van der Waals surface area contributed by atoms with Crippen molar-refractivity contribution in [3.8, 4) is 0 Å². The molecule has 1 aliphatic carbocycles. The largest absolute Gasteiger partial charge is 0.476 e. The summed E-state index contributed by atoms with van der Waals surface area (Å²) in [6.45, 7) is 0. The van der Waals surface area contributed by atoms with Crippen molar-refractivity contribution in [3.63, 3.8) is 0 Å². The van der Waals surface area contributed by atoms with Crippen molar-refractivity contribution in [2.45, 2.75) is 50.7 Å². The van der Waals surface area contributed by atoms with Crippen molar-refractivity contribution in [3.05, 3.63) is 17.2 Å². The third-order valence-corrected chi connectivity index (χ3v) is 3.88. The summed E-state index contributed by atoms with van der Waals surface area (Å²) in [6, 6.07) is 0. The van der Waals surface area contributed by atoms with Crippen LogP contribution < -0.4 is 0 Å². The number of rotatable bonds is 2. The molecule has 1 unspecified atom stereocenters. The van der Waals surface area contributed by atoms with E-state index in [4.69, 9.17) is 5.11 Å². The zero-order valence-electron chi connectivity index (χ0n) is 9.59. The van der Waals surface area contributed by atoms with Gasteiger partial charge in [-0.2, -0.15) is 0 Å². The van der Waals surface area contributed by atoms with Crippen LogP contribution in [0.15, 0.2) is 0 Å². The summed E-state index contributed by atoms with van der Waals surface area (Å²) >= 11 is 0. The lowest BCUT2D eigenvalue weighted by Gasteiger charge is -2.29. The van der Waals surface area contributed by atoms with Crippen molar-refractivity contribution in [1.29, 1.82) is 0 Å². The molecular weight excluding hydrogens is 220 g/mol. The predicted molar refractivity (Wildman–Crippen MR) is 60.0 cm³/mol. The lowest BCUT2D eigenvalue weighted by Crippen LogP contribution is -2.23. The molecule has 5 nitrogen and oxygen atoms in total. The molecule has 92 valence electrons. The first kappa shape index (κ1) is 10.8. The quantitative estimate of drug-likeness (QED) is 0.819. The van der Waals surface area contributed by atoms with Gasteiger partial charge in [0.25, 0.3) is 0 Å². The van der Waals surface area contributed by atoms with Crippen LogP contribution >= 0.6 is 0 Å². The highest BCUT2D eigenvalue weighted by Gasteiger charge is 2.33. The Morgan fingerprint density at radius 2 is 2.06 bits per heavy atom. The maximum atomic E-state index is 11.2. The second-order valence-corrected chi connectivity index (χ2v) is 4.94. The molecule has 0 bridgehead atoms. The summed E-state index contributed by atoms with van der Waals surface area (Å²) in [4.78, 5) is 15.4. The molecule has 3 rings (SSSR count). The van der Waals surface area contributed by atoms with Gasteiger partial charge in [-0.05, 0) is 32.1 Å². The van der Waals surface area contributed by atoms with Crippen LogP contribution in [0.2, 0.25) is 0 Å². The van der Waals surface area contributed by atoms with E-state index >= 15 is 0 Å². The molecule has 1 aromatic heterocycles. The summed E-state index contributed by atoms with van der Waals surface area (Å²) in [5, 5.41) is 19.2. The van der Waals surface area contributed by atoms with Crippen LogP contribution in [-0.2, 0) is 6.42 Å². The molecule has 2 heterocycles. The number of nitrogens with zero attached hydrogens (tertiary/aromatic N) is 2. The van der Waals surface area contributed by atoms with Gasteiger partial charge in [-0.15, -0.1) is 0 Å². The molecule has 0 amide bonds. The van der Waals surface area contributed by atoms with Crippen molar-refractivity contribution in [1.82, 2.24) is 9.55 Å². The van der Waals surface area contributed by atoms with E-state index < -0.39 is 12.2 Å². The van der Waals surface area contributed by atoms with Gasteiger partial charge < -0.3 is 14.8 Å². The third-order valence-electron chi connectivity index (χ3n) is 3.88. The summed E-state index contributed by atoms with van der Waals surface area (Å²) < 4.78 is 1.77. The van der Waals surface area contributed by atoms with Crippen LogP contribution in [0.5, 0.6) is 0 Å². The molecule has 2 aliphatic rings. The smallest absolute Gasteiger partial charge is 0.356 e. The van der Waals surface area contributed by atoms with Gasteiger partial charge in [0.2, 0.25) is 0 Å². The molecule has 0 spiro atoms. The minimum Gasteiger partial charge on any atom is -0.476 e. The molecule has 1 aromatic rings. The normalized spacial score (nSPS) is 24.2. The Kier molecular flexibility index (Phi) is 2.43. The highest BCUT2D eigenvalue weighted by Crippen LogP contribution is 2.39. The predicted octanol–water partition coefficient (Wildman–Crippen LogP) is 1.68. The Balaban J connectivity index is 2.11. The van der Waals surface area contributed by atoms with Crippen LogP contribution in [0.4, 0.5) is 0 Å². The fraction of sp³-hybridized carbons (Fsp3) is 0.667. The maximum Gasteiger partial charge on any atom is 0.356 e. The van der Waals surface area contributed by atoms with E-state index in [2.05, 4.69) is 4.98 Å². The van der Waals surface area contributed by atoms with E-state index in [-0.39, 0.29) is 5.69 Å². The maximum absolute atomic E-state index is 11.2. The SMILES string of the molecule is O=C(O)c1nc(C2CCC2)n2c1CCCC2O. The van der Waals surface area contributed by atoms with Crippen LogP contribution in [0.25, 0.3) is 0 Å². The molecule has 5 heteroatoms. The summed E-state index contributed by atoms with van der Waals surface area (Å²) in [6.07, 6.45) is 4.93. The molecule has 0 aromatic carbocycles. The average Bonchev–Trinajstić information content (AvgIpc) is 2.56. The van der Waals surface area contributed by atoms with Crippen molar-refractivity contribution in [2.24, 2.45) is 0 Å². The number of carboxylic acid groups (broad SMARTS) is 1. The minimum absolute atomic E-state index is 0.144. The number of carbonyl (C=O) groups is 1. The number of carboxylic acids is 1. The standard InChI is InChI=1S/C12H16N2O3/c15-9-6-2-5-8-10(12(16)17)13-11(14(8)9)7-3-1-4-7/h7,9,15H,1-6H2,(H,16,17). The third kappa shape index (κ3) is 1.57. The first-order valence-corrected chi connectivity index (χ1v) is 6.21. The summed E-state index contributed by atoms with van der Waals surface area (Å²) in [5.41, 5.74) is 0.851. The highest BCUT2D eigenvalue weighted by atomic mass is 16.4. The van der Waals surface area contributed by atoms with Crippen LogP contribution in [0.1, 0.15) is 66.3 Å². The van der Waals surface area contributed by atoms with Gasteiger partial charge >= 0.3 is 5.97 Å².